The van der Waals surface area contributed by atoms with Crippen LogP contribution < -0.4 is 5.32 Å². The summed E-state index contributed by atoms with van der Waals surface area (Å²) in [6.45, 7) is 1.42. The lowest BCUT2D eigenvalue weighted by molar-refractivity contribution is -0.126. The number of hydrogen-bond acceptors (Lipinski definition) is 4. The van der Waals surface area contributed by atoms with E-state index in [9.17, 15) is 4.79 Å². The van der Waals surface area contributed by atoms with Crippen LogP contribution in [0.15, 0.2) is 24.3 Å². The molecule has 0 unspecified atom stereocenters. The summed E-state index contributed by atoms with van der Waals surface area (Å²) in [5.74, 6) is -0.155. The molecule has 1 aromatic carbocycles. The van der Waals surface area contributed by atoms with Gasteiger partial charge in [-0.15, -0.1) is 0 Å². The summed E-state index contributed by atoms with van der Waals surface area (Å²) in [5.41, 5.74) is 1.84. The van der Waals surface area contributed by atoms with E-state index in [2.05, 4.69) is 5.32 Å². The number of rotatable bonds is 8. The summed E-state index contributed by atoms with van der Waals surface area (Å²) in [5, 5.41) is 11.6. The molecule has 0 atom stereocenters. The Morgan fingerprint density at radius 3 is 2.50 bits per heavy atom. The van der Waals surface area contributed by atoms with Gasteiger partial charge in [0, 0.05) is 13.7 Å². The van der Waals surface area contributed by atoms with Gasteiger partial charge in [-0.05, 0) is 11.1 Å². The number of aliphatic hydroxyl groups excluding tert-OH is 1. The summed E-state index contributed by atoms with van der Waals surface area (Å²) in [6.07, 6.45) is 0. The monoisotopic (exact) mass is 253 g/mol. The number of hydrogen-bond donors (Lipinski definition) is 2. The molecule has 0 aromatic heterocycles. The molecule has 1 amide bonds. The Morgan fingerprint density at radius 1 is 1.22 bits per heavy atom. The number of aliphatic hydroxyl groups is 1. The molecule has 2 N–H and O–H groups in total. The lowest BCUT2D eigenvalue weighted by Gasteiger charge is -2.06. The van der Waals surface area contributed by atoms with Crippen LogP contribution in [0.1, 0.15) is 11.1 Å². The van der Waals surface area contributed by atoms with E-state index < -0.39 is 0 Å². The Morgan fingerprint density at radius 2 is 1.89 bits per heavy atom. The van der Waals surface area contributed by atoms with Gasteiger partial charge in [0.1, 0.15) is 6.61 Å². The minimum absolute atomic E-state index is 0.0278. The lowest BCUT2D eigenvalue weighted by Crippen LogP contribution is -2.27. The standard InChI is InChI=1S/C13H19NO4/c1-17-6-7-18-10-13(16)14-8-11-2-4-12(9-15)5-3-11/h2-5,15H,6-10H2,1H3,(H,14,16). The van der Waals surface area contributed by atoms with Crippen LogP contribution in [0.2, 0.25) is 0 Å². The molecular formula is C13H19NO4. The van der Waals surface area contributed by atoms with E-state index in [4.69, 9.17) is 14.6 Å². The Kier molecular flexibility index (Phi) is 7.01. The second kappa shape index (κ2) is 8.63. The van der Waals surface area contributed by atoms with Gasteiger partial charge in [0.25, 0.3) is 0 Å². The van der Waals surface area contributed by atoms with Gasteiger partial charge in [0.2, 0.25) is 5.91 Å². The first-order valence-electron chi connectivity index (χ1n) is 5.78. The van der Waals surface area contributed by atoms with E-state index in [0.717, 1.165) is 11.1 Å². The maximum absolute atomic E-state index is 11.4. The van der Waals surface area contributed by atoms with Crippen LogP contribution in [-0.4, -0.2) is 37.9 Å². The topological polar surface area (TPSA) is 67.8 Å². The van der Waals surface area contributed by atoms with Gasteiger partial charge in [-0.1, -0.05) is 24.3 Å². The van der Waals surface area contributed by atoms with E-state index in [1.54, 1.807) is 7.11 Å². The SMILES string of the molecule is COCCOCC(=O)NCc1ccc(CO)cc1. The zero-order chi connectivity index (χ0) is 13.2. The maximum atomic E-state index is 11.4. The Bertz CT molecular complexity index is 351. The van der Waals surface area contributed by atoms with Crippen molar-refractivity contribution in [3.8, 4) is 0 Å². The molecule has 0 saturated heterocycles. The maximum Gasteiger partial charge on any atom is 0.246 e. The van der Waals surface area contributed by atoms with Crippen LogP contribution in [0.5, 0.6) is 0 Å². The van der Waals surface area contributed by atoms with Crippen molar-refractivity contribution in [2.24, 2.45) is 0 Å². The van der Waals surface area contributed by atoms with Crippen molar-refractivity contribution in [1.29, 1.82) is 0 Å². The molecule has 5 heteroatoms. The fraction of sp³-hybridized carbons (Fsp3) is 0.462. The molecule has 1 aromatic rings. The summed E-state index contributed by atoms with van der Waals surface area (Å²) in [7, 11) is 1.58. The number of nitrogens with one attached hydrogen (secondary N) is 1. The first-order chi connectivity index (χ1) is 8.76. The van der Waals surface area contributed by atoms with Gasteiger partial charge in [0.15, 0.2) is 0 Å². The lowest BCUT2D eigenvalue weighted by atomic mass is 10.1. The first kappa shape index (κ1) is 14.6. The molecule has 0 heterocycles. The highest BCUT2D eigenvalue weighted by atomic mass is 16.5. The minimum atomic E-state index is -0.155. The molecule has 18 heavy (non-hydrogen) atoms. The molecule has 5 nitrogen and oxygen atoms in total. The third-order valence-electron chi connectivity index (χ3n) is 2.36. The van der Waals surface area contributed by atoms with Crippen LogP contribution in [-0.2, 0) is 27.4 Å². The number of benzene rings is 1. The van der Waals surface area contributed by atoms with Gasteiger partial charge < -0.3 is 19.9 Å². The number of ether oxygens (including phenoxy) is 2. The van der Waals surface area contributed by atoms with Crippen molar-refractivity contribution in [2.45, 2.75) is 13.2 Å². The molecule has 0 spiro atoms. The van der Waals surface area contributed by atoms with Crippen LogP contribution >= 0.6 is 0 Å². The van der Waals surface area contributed by atoms with E-state index >= 15 is 0 Å². The molecule has 0 saturated carbocycles. The fourth-order valence-electron chi connectivity index (χ4n) is 1.32. The van der Waals surface area contributed by atoms with Gasteiger partial charge in [0.05, 0.1) is 19.8 Å². The van der Waals surface area contributed by atoms with Crippen LogP contribution in [0.25, 0.3) is 0 Å². The predicted molar refractivity (Wildman–Crippen MR) is 66.9 cm³/mol. The zero-order valence-electron chi connectivity index (χ0n) is 10.5. The molecule has 0 aliphatic rings. The average molecular weight is 253 g/mol. The van der Waals surface area contributed by atoms with Crippen molar-refractivity contribution in [1.82, 2.24) is 5.32 Å². The highest BCUT2D eigenvalue weighted by molar-refractivity contribution is 5.77. The van der Waals surface area contributed by atoms with Crippen molar-refractivity contribution in [2.75, 3.05) is 26.9 Å². The zero-order valence-corrected chi connectivity index (χ0v) is 10.5. The van der Waals surface area contributed by atoms with Gasteiger partial charge >= 0.3 is 0 Å². The Hall–Kier alpha value is -1.43. The highest BCUT2D eigenvalue weighted by Crippen LogP contribution is 2.03. The van der Waals surface area contributed by atoms with E-state index in [-0.39, 0.29) is 19.1 Å². The molecule has 100 valence electrons. The van der Waals surface area contributed by atoms with Gasteiger partial charge in [-0.25, -0.2) is 0 Å². The summed E-state index contributed by atoms with van der Waals surface area (Å²) in [4.78, 5) is 11.4. The van der Waals surface area contributed by atoms with E-state index in [0.29, 0.717) is 19.8 Å². The van der Waals surface area contributed by atoms with Gasteiger partial charge in [-0.3, -0.25) is 4.79 Å². The van der Waals surface area contributed by atoms with Crippen LogP contribution in [0.3, 0.4) is 0 Å². The van der Waals surface area contributed by atoms with Crippen LogP contribution in [0.4, 0.5) is 0 Å². The number of carbonyl (C=O) groups is 1. The Labute approximate surface area is 107 Å². The third kappa shape index (κ3) is 5.77. The third-order valence-corrected chi connectivity index (χ3v) is 2.36. The van der Waals surface area contributed by atoms with Crippen molar-refractivity contribution in [3.63, 3.8) is 0 Å². The van der Waals surface area contributed by atoms with Crippen molar-refractivity contribution in [3.05, 3.63) is 35.4 Å². The van der Waals surface area contributed by atoms with E-state index in [1.807, 2.05) is 24.3 Å². The normalized spacial score (nSPS) is 10.3. The first-order valence-corrected chi connectivity index (χ1v) is 5.78. The largest absolute Gasteiger partial charge is 0.392 e. The summed E-state index contributed by atoms with van der Waals surface area (Å²) < 4.78 is 9.89. The summed E-state index contributed by atoms with van der Waals surface area (Å²) >= 11 is 0. The van der Waals surface area contributed by atoms with Crippen LogP contribution in [0, 0.1) is 0 Å². The molecule has 0 radical (unpaired) electrons. The second-order valence-electron chi connectivity index (χ2n) is 3.80. The quantitative estimate of drug-likeness (QED) is 0.660. The molecule has 1 rings (SSSR count). The predicted octanol–water partition coefficient (Wildman–Crippen LogP) is 0.458. The van der Waals surface area contributed by atoms with E-state index in [1.165, 1.54) is 0 Å². The average Bonchev–Trinajstić information content (AvgIpc) is 2.42. The molecule has 0 aliphatic carbocycles. The smallest absolute Gasteiger partial charge is 0.246 e. The van der Waals surface area contributed by atoms with Gasteiger partial charge in [-0.2, -0.15) is 0 Å². The number of amides is 1. The number of carbonyl (C=O) groups excluding carboxylic acids is 1. The Balaban J connectivity index is 2.20. The van der Waals surface area contributed by atoms with Crippen molar-refractivity contribution < 1.29 is 19.4 Å². The number of methoxy groups -OCH3 is 1. The molecule has 0 bridgehead atoms. The second-order valence-corrected chi connectivity index (χ2v) is 3.80. The summed E-state index contributed by atoms with van der Waals surface area (Å²) in [6, 6.07) is 7.41. The molecular weight excluding hydrogens is 234 g/mol. The highest BCUT2D eigenvalue weighted by Gasteiger charge is 2.01. The molecule has 0 aliphatic heterocycles. The minimum Gasteiger partial charge on any atom is -0.392 e. The van der Waals surface area contributed by atoms with Crippen molar-refractivity contribution >= 4 is 5.91 Å². The molecule has 0 fully saturated rings. The fourth-order valence-corrected chi connectivity index (χ4v) is 1.32.